The fourth-order valence-electron chi connectivity index (χ4n) is 2.95. The first kappa shape index (κ1) is 22.0. The monoisotopic (exact) mass is 418 g/mol. The molecule has 31 heavy (non-hydrogen) atoms. The molecule has 5 nitrogen and oxygen atoms in total. The van der Waals surface area contributed by atoms with Crippen molar-refractivity contribution < 1.29 is 24.1 Å². The zero-order valence-corrected chi connectivity index (χ0v) is 17.5. The SMILES string of the molecule is CCOC(=Cc1ccc(OCCCOc2ccc(-c3ccccc3)cc2)cc1)C(=O)O. The summed E-state index contributed by atoms with van der Waals surface area (Å²) in [4.78, 5) is 11.1. The van der Waals surface area contributed by atoms with Crippen LogP contribution in [0.4, 0.5) is 0 Å². The van der Waals surface area contributed by atoms with Gasteiger partial charge >= 0.3 is 5.97 Å². The van der Waals surface area contributed by atoms with Gasteiger partial charge in [-0.25, -0.2) is 4.79 Å². The summed E-state index contributed by atoms with van der Waals surface area (Å²) in [5.41, 5.74) is 3.08. The van der Waals surface area contributed by atoms with Crippen molar-refractivity contribution in [1.29, 1.82) is 0 Å². The minimum absolute atomic E-state index is 0.0786. The summed E-state index contributed by atoms with van der Waals surface area (Å²) in [6.07, 6.45) is 2.24. The van der Waals surface area contributed by atoms with Gasteiger partial charge < -0.3 is 19.3 Å². The number of rotatable bonds is 11. The van der Waals surface area contributed by atoms with E-state index in [1.54, 1.807) is 31.2 Å². The highest BCUT2D eigenvalue weighted by atomic mass is 16.5. The van der Waals surface area contributed by atoms with Crippen LogP contribution in [0.15, 0.2) is 84.6 Å². The molecular formula is C26H26O5. The summed E-state index contributed by atoms with van der Waals surface area (Å²) in [5.74, 6) is 0.388. The Bertz CT molecular complexity index is 977. The van der Waals surface area contributed by atoms with E-state index in [1.165, 1.54) is 11.6 Å². The Balaban J connectivity index is 1.41. The Morgan fingerprint density at radius 2 is 1.35 bits per heavy atom. The van der Waals surface area contributed by atoms with Crippen LogP contribution in [0.1, 0.15) is 18.9 Å². The third-order valence-corrected chi connectivity index (χ3v) is 4.48. The van der Waals surface area contributed by atoms with E-state index in [9.17, 15) is 4.79 Å². The van der Waals surface area contributed by atoms with Crippen molar-refractivity contribution in [2.45, 2.75) is 13.3 Å². The molecule has 5 heteroatoms. The summed E-state index contributed by atoms with van der Waals surface area (Å²) in [6, 6.07) is 25.5. The molecule has 0 aliphatic heterocycles. The molecule has 0 radical (unpaired) electrons. The summed E-state index contributed by atoms with van der Waals surface area (Å²) in [6.45, 7) is 3.13. The molecule has 160 valence electrons. The van der Waals surface area contributed by atoms with E-state index in [2.05, 4.69) is 24.3 Å². The van der Waals surface area contributed by atoms with E-state index >= 15 is 0 Å². The Labute approximate surface area is 182 Å². The summed E-state index contributed by atoms with van der Waals surface area (Å²) in [5, 5.41) is 9.11. The number of aliphatic carboxylic acids is 1. The van der Waals surface area contributed by atoms with Crippen LogP contribution in [0, 0.1) is 0 Å². The van der Waals surface area contributed by atoms with E-state index < -0.39 is 5.97 Å². The molecule has 0 heterocycles. The Kier molecular flexibility index (Phi) is 8.12. The molecule has 0 atom stereocenters. The number of benzene rings is 3. The molecule has 3 aromatic carbocycles. The van der Waals surface area contributed by atoms with E-state index in [1.807, 2.05) is 30.3 Å². The summed E-state index contributed by atoms with van der Waals surface area (Å²) >= 11 is 0. The minimum atomic E-state index is -1.09. The van der Waals surface area contributed by atoms with Crippen LogP contribution in [-0.4, -0.2) is 30.9 Å². The van der Waals surface area contributed by atoms with E-state index in [0.717, 1.165) is 29.0 Å². The second kappa shape index (κ2) is 11.5. The van der Waals surface area contributed by atoms with Gasteiger partial charge in [-0.15, -0.1) is 0 Å². The third kappa shape index (κ3) is 6.93. The molecule has 3 aromatic rings. The maximum Gasteiger partial charge on any atom is 0.371 e. The smallest absolute Gasteiger partial charge is 0.371 e. The van der Waals surface area contributed by atoms with Gasteiger partial charge in [-0.05, 0) is 54.0 Å². The molecule has 0 spiro atoms. The fourth-order valence-corrected chi connectivity index (χ4v) is 2.95. The third-order valence-electron chi connectivity index (χ3n) is 4.48. The van der Waals surface area contributed by atoms with Gasteiger partial charge in [0.1, 0.15) is 11.5 Å². The highest BCUT2D eigenvalue weighted by molar-refractivity contribution is 5.89. The Hall–Kier alpha value is -3.73. The highest BCUT2D eigenvalue weighted by Crippen LogP contribution is 2.22. The first-order valence-corrected chi connectivity index (χ1v) is 10.2. The second-order valence-corrected chi connectivity index (χ2v) is 6.76. The Morgan fingerprint density at radius 3 is 1.90 bits per heavy atom. The van der Waals surface area contributed by atoms with Crippen LogP contribution in [-0.2, 0) is 9.53 Å². The van der Waals surface area contributed by atoms with Gasteiger partial charge in [0.2, 0.25) is 5.76 Å². The zero-order valence-electron chi connectivity index (χ0n) is 17.5. The number of carbonyl (C=O) groups is 1. The number of carboxylic acid groups (broad SMARTS) is 1. The maximum absolute atomic E-state index is 11.1. The van der Waals surface area contributed by atoms with Gasteiger partial charge in [0.25, 0.3) is 0 Å². The lowest BCUT2D eigenvalue weighted by Crippen LogP contribution is -2.05. The predicted molar refractivity (Wildman–Crippen MR) is 121 cm³/mol. The van der Waals surface area contributed by atoms with Crippen LogP contribution in [0.5, 0.6) is 11.5 Å². The molecule has 0 fully saturated rings. The maximum atomic E-state index is 11.1. The van der Waals surface area contributed by atoms with Gasteiger partial charge in [-0.1, -0.05) is 54.6 Å². The number of hydrogen-bond acceptors (Lipinski definition) is 4. The quantitative estimate of drug-likeness (QED) is 0.247. The molecule has 0 amide bonds. The van der Waals surface area contributed by atoms with Crippen molar-refractivity contribution >= 4 is 12.0 Å². The lowest BCUT2D eigenvalue weighted by molar-refractivity contribution is -0.136. The molecule has 1 N–H and O–H groups in total. The average Bonchev–Trinajstić information content (AvgIpc) is 2.80. The first-order chi connectivity index (χ1) is 15.2. The van der Waals surface area contributed by atoms with Crippen molar-refractivity contribution in [3.8, 4) is 22.6 Å². The summed E-state index contributed by atoms with van der Waals surface area (Å²) < 4.78 is 16.6. The van der Waals surface area contributed by atoms with Crippen LogP contribution in [0.25, 0.3) is 17.2 Å². The molecule has 0 saturated heterocycles. The van der Waals surface area contributed by atoms with Crippen LogP contribution < -0.4 is 9.47 Å². The van der Waals surface area contributed by atoms with Gasteiger partial charge in [-0.3, -0.25) is 0 Å². The van der Waals surface area contributed by atoms with Crippen molar-refractivity contribution in [2.24, 2.45) is 0 Å². The van der Waals surface area contributed by atoms with Crippen molar-refractivity contribution in [3.63, 3.8) is 0 Å². The summed E-state index contributed by atoms with van der Waals surface area (Å²) in [7, 11) is 0. The topological polar surface area (TPSA) is 65.0 Å². The average molecular weight is 418 g/mol. The van der Waals surface area contributed by atoms with Gasteiger partial charge in [-0.2, -0.15) is 0 Å². The molecule has 0 bridgehead atoms. The molecule has 0 aliphatic carbocycles. The normalized spacial score (nSPS) is 11.1. The van der Waals surface area contributed by atoms with Gasteiger partial charge in [0.15, 0.2) is 0 Å². The van der Waals surface area contributed by atoms with Crippen molar-refractivity contribution in [1.82, 2.24) is 0 Å². The van der Waals surface area contributed by atoms with E-state index in [-0.39, 0.29) is 5.76 Å². The minimum Gasteiger partial charge on any atom is -0.493 e. The largest absolute Gasteiger partial charge is 0.493 e. The van der Waals surface area contributed by atoms with Gasteiger partial charge in [0.05, 0.1) is 19.8 Å². The van der Waals surface area contributed by atoms with Crippen LogP contribution in [0.2, 0.25) is 0 Å². The van der Waals surface area contributed by atoms with Crippen LogP contribution in [0.3, 0.4) is 0 Å². The zero-order chi connectivity index (χ0) is 21.9. The second-order valence-electron chi connectivity index (χ2n) is 6.76. The molecule has 0 unspecified atom stereocenters. The van der Waals surface area contributed by atoms with Crippen molar-refractivity contribution in [2.75, 3.05) is 19.8 Å². The van der Waals surface area contributed by atoms with E-state index in [4.69, 9.17) is 19.3 Å². The standard InChI is InChI=1S/C26H26O5/c1-2-29-25(26(27)28)19-20-9-13-23(14-10-20)30-17-6-18-31-24-15-11-22(12-16-24)21-7-4-3-5-8-21/h3-5,7-16,19H,2,6,17-18H2,1H3,(H,27,28). The molecular weight excluding hydrogens is 392 g/mol. The number of hydrogen-bond donors (Lipinski definition) is 1. The van der Waals surface area contributed by atoms with Crippen molar-refractivity contribution in [3.05, 3.63) is 90.2 Å². The molecule has 0 aliphatic rings. The Morgan fingerprint density at radius 1 is 0.806 bits per heavy atom. The number of carboxylic acids is 1. The molecule has 3 rings (SSSR count). The lowest BCUT2D eigenvalue weighted by Gasteiger charge is -2.09. The van der Waals surface area contributed by atoms with E-state index in [0.29, 0.717) is 19.8 Å². The highest BCUT2D eigenvalue weighted by Gasteiger charge is 2.07. The molecule has 0 aromatic heterocycles. The predicted octanol–water partition coefficient (Wildman–Crippen LogP) is 5.66. The first-order valence-electron chi connectivity index (χ1n) is 10.2. The molecule has 0 saturated carbocycles. The van der Waals surface area contributed by atoms with Gasteiger partial charge in [0, 0.05) is 6.42 Å². The van der Waals surface area contributed by atoms with Crippen LogP contribution >= 0.6 is 0 Å². The number of ether oxygens (including phenoxy) is 3. The lowest BCUT2D eigenvalue weighted by atomic mass is 10.1. The fraction of sp³-hybridized carbons (Fsp3) is 0.192.